The number of pyridine rings is 1. The molecule has 0 atom stereocenters. The monoisotopic (exact) mass is 347 g/mol. The van der Waals surface area contributed by atoms with E-state index in [0.717, 1.165) is 0 Å². The number of halogens is 4. The zero-order chi connectivity index (χ0) is 11.6. The number of aromatic carboxylic acids is 1. The average Bonchev–Trinajstić information content (AvgIpc) is 2.16. The van der Waals surface area contributed by atoms with Gasteiger partial charge in [-0.25, -0.2) is 18.6 Å². The molecule has 0 bridgehead atoms. The summed E-state index contributed by atoms with van der Waals surface area (Å²) in [6.07, 6.45) is -2.83. The maximum Gasteiger partial charge on any atom is 0.355 e. The lowest BCUT2D eigenvalue weighted by Crippen LogP contribution is -2.09. The summed E-state index contributed by atoms with van der Waals surface area (Å²) in [4.78, 5) is 14.1. The highest BCUT2D eigenvalue weighted by atomic mass is 127. The molecular weight excluding hydrogens is 342 g/mol. The molecule has 0 saturated carbocycles. The van der Waals surface area contributed by atoms with Crippen LogP contribution < -0.4 is 0 Å². The van der Waals surface area contributed by atoms with Gasteiger partial charge in [-0.2, -0.15) is 0 Å². The fourth-order valence-electron chi connectivity index (χ4n) is 0.987. The van der Waals surface area contributed by atoms with Crippen molar-refractivity contribution in [2.75, 3.05) is 0 Å². The lowest BCUT2D eigenvalue weighted by atomic mass is 10.2. The molecule has 0 unspecified atom stereocenters. The third-order valence-electron chi connectivity index (χ3n) is 1.64. The topological polar surface area (TPSA) is 50.2 Å². The Morgan fingerprint density at radius 3 is 2.67 bits per heavy atom. The largest absolute Gasteiger partial charge is 0.476 e. The van der Waals surface area contributed by atoms with Crippen LogP contribution in [0.4, 0.5) is 8.78 Å². The number of hydrogen-bond donors (Lipinski definition) is 1. The van der Waals surface area contributed by atoms with Crippen molar-refractivity contribution in [3.8, 4) is 0 Å². The zero-order valence-corrected chi connectivity index (χ0v) is 10.1. The van der Waals surface area contributed by atoms with Gasteiger partial charge in [-0.1, -0.05) is 0 Å². The average molecular weight is 347 g/mol. The smallest absolute Gasteiger partial charge is 0.355 e. The van der Waals surface area contributed by atoms with Crippen LogP contribution in [0.2, 0.25) is 0 Å². The number of alkyl halides is 3. The van der Waals surface area contributed by atoms with Crippen molar-refractivity contribution >= 4 is 40.2 Å². The summed E-state index contributed by atoms with van der Waals surface area (Å²) < 4.78 is 25.2. The van der Waals surface area contributed by atoms with Gasteiger partial charge < -0.3 is 5.11 Å². The van der Waals surface area contributed by atoms with Gasteiger partial charge in [0.1, 0.15) is 5.69 Å². The molecule has 1 aromatic rings. The van der Waals surface area contributed by atoms with Gasteiger partial charge in [-0.05, 0) is 34.2 Å². The number of rotatable bonds is 3. The van der Waals surface area contributed by atoms with Crippen LogP contribution in [0.5, 0.6) is 0 Å². The van der Waals surface area contributed by atoms with E-state index in [1.165, 1.54) is 6.07 Å². The molecule has 15 heavy (non-hydrogen) atoms. The van der Waals surface area contributed by atoms with E-state index in [9.17, 15) is 13.6 Å². The molecule has 3 nitrogen and oxygen atoms in total. The van der Waals surface area contributed by atoms with Gasteiger partial charge in [0.05, 0.1) is 0 Å². The summed E-state index contributed by atoms with van der Waals surface area (Å²) in [6.45, 7) is 0. The van der Waals surface area contributed by atoms with Gasteiger partial charge in [0.25, 0.3) is 6.43 Å². The van der Waals surface area contributed by atoms with Gasteiger partial charge in [0.15, 0.2) is 5.69 Å². The van der Waals surface area contributed by atoms with E-state index in [1.54, 1.807) is 22.6 Å². The van der Waals surface area contributed by atoms with Gasteiger partial charge in [0.2, 0.25) is 0 Å². The Hall–Kier alpha value is -0.500. The van der Waals surface area contributed by atoms with Crippen LogP contribution in [0.25, 0.3) is 0 Å². The standard InChI is InChI=1S/C8H5ClF2INO2/c9-2-3-1-4(12)6(8(14)15)13-5(3)7(10)11/h1,7H,2H2,(H,14,15). The number of carbonyl (C=O) groups is 1. The van der Waals surface area contributed by atoms with E-state index in [-0.39, 0.29) is 17.1 Å². The van der Waals surface area contributed by atoms with E-state index in [0.29, 0.717) is 3.57 Å². The van der Waals surface area contributed by atoms with E-state index >= 15 is 0 Å². The maximum absolute atomic E-state index is 12.5. The summed E-state index contributed by atoms with van der Waals surface area (Å²) in [6, 6.07) is 1.31. The molecule has 0 aliphatic rings. The molecule has 1 aromatic heterocycles. The van der Waals surface area contributed by atoms with Crippen LogP contribution in [0.15, 0.2) is 6.07 Å². The molecule has 0 amide bonds. The van der Waals surface area contributed by atoms with Crippen LogP contribution in [0, 0.1) is 3.57 Å². The highest BCUT2D eigenvalue weighted by Gasteiger charge is 2.20. The van der Waals surface area contributed by atoms with Crippen LogP contribution in [-0.2, 0) is 5.88 Å². The number of hydrogen-bond acceptors (Lipinski definition) is 2. The second kappa shape index (κ2) is 5.02. The Morgan fingerprint density at radius 1 is 1.67 bits per heavy atom. The minimum Gasteiger partial charge on any atom is -0.476 e. The molecule has 0 radical (unpaired) electrons. The van der Waals surface area contributed by atoms with Crippen molar-refractivity contribution in [3.05, 3.63) is 26.6 Å². The van der Waals surface area contributed by atoms with Crippen LogP contribution in [0.1, 0.15) is 28.2 Å². The predicted molar refractivity (Wildman–Crippen MR) is 58.4 cm³/mol. The first-order valence-electron chi connectivity index (χ1n) is 3.74. The number of carboxylic acid groups (broad SMARTS) is 1. The van der Waals surface area contributed by atoms with Crippen molar-refractivity contribution in [1.82, 2.24) is 4.98 Å². The maximum atomic E-state index is 12.5. The molecule has 0 fully saturated rings. The van der Waals surface area contributed by atoms with Crippen molar-refractivity contribution in [2.45, 2.75) is 12.3 Å². The van der Waals surface area contributed by atoms with E-state index in [2.05, 4.69) is 4.98 Å². The first kappa shape index (κ1) is 12.6. The molecule has 0 saturated heterocycles. The summed E-state index contributed by atoms with van der Waals surface area (Å²) >= 11 is 7.17. The molecule has 0 aromatic carbocycles. The van der Waals surface area contributed by atoms with Crippen molar-refractivity contribution in [1.29, 1.82) is 0 Å². The highest BCUT2D eigenvalue weighted by molar-refractivity contribution is 14.1. The summed E-state index contributed by atoms with van der Waals surface area (Å²) in [5, 5.41) is 8.69. The Bertz CT molecular complexity index is 400. The lowest BCUT2D eigenvalue weighted by molar-refractivity contribution is 0.0687. The van der Waals surface area contributed by atoms with Crippen molar-refractivity contribution in [3.63, 3.8) is 0 Å². The Morgan fingerprint density at radius 2 is 2.27 bits per heavy atom. The van der Waals surface area contributed by atoms with Crippen LogP contribution >= 0.6 is 34.2 Å². The predicted octanol–water partition coefficient (Wildman–Crippen LogP) is 3.06. The Kier molecular flexibility index (Phi) is 4.21. The third kappa shape index (κ3) is 2.75. The third-order valence-corrected chi connectivity index (χ3v) is 2.75. The molecule has 1 N–H and O–H groups in total. The minimum atomic E-state index is -2.83. The summed E-state index contributed by atoms with van der Waals surface area (Å²) in [7, 11) is 0. The molecule has 0 spiro atoms. The van der Waals surface area contributed by atoms with Crippen LogP contribution in [0.3, 0.4) is 0 Å². The van der Waals surface area contributed by atoms with Gasteiger partial charge in [-0.15, -0.1) is 11.6 Å². The first-order valence-corrected chi connectivity index (χ1v) is 5.35. The fourth-order valence-corrected chi connectivity index (χ4v) is 1.93. The minimum absolute atomic E-state index is 0.122. The highest BCUT2D eigenvalue weighted by Crippen LogP contribution is 2.25. The van der Waals surface area contributed by atoms with E-state index < -0.39 is 18.1 Å². The molecule has 1 rings (SSSR count). The first-order chi connectivity index (χ1) is 6.97. The lowest BCUT2D eigenvalue weighted by Gasteiger charge is -2.07. The summed E-state index contributed by atoms with van der Waals surface area (Å²) in [5.41, 5.74) is -0.788. The van der Waals surface area contributed by atoms with Crippen molar-refractivity contribution < 1.29 is 18.7 Å². The SMILES string of the molecule is O=C(O)c1nc(C(F)F)c(CCl)cc1I. The van der Waals surface area contributed by atoms with Crippen LogP contribution in [-0.4, -0.2) is 16.1 Å². The zero-order valence-electron chi connectivity index (χ0n) is 7.18. The number of nitrogens with zero attached hydrogens (tertiary/aromatic N) is 1. The normalized spacial score (nSPS) is 10.7. The fraction of sp³-hybridized carbons (Fsp3) is 0.250. The van der Waals surface area contributed by atoms with E-state index in [4.69, 9.17) is 16.7 Å². The molecule has 7 heteroatoms. The van der Waals surface area contributed by atoms with Crippen molar-refractivity contribution in [2.24, 2.45) is 0 Å². The second-order valence-electron chi connectivity index (χ2n) is 2.60. The van der Waals surface area contributed by atoms with E-state index in [1.807, 2.05) is 0 Å². The molecule has 0 aliphatic carbocycles. The summed E-state index contributed by atoms with van der Waals surface area (Å²) in [5.74, 6) is -1.45. The molecular formula is C8H5ClF2INO2. The molecule has 1 heterocycles. The van der Waals surface area contributed by atoms with Gasteiger partial charge >= 0.3 is 5.97 Å². The Labute approximate surface area is 103 Å². The molecule has 82 valence electrons. The van der Waals surface area contributed by atoms with Gasteiger partial charge in [0, 0.05) is 9.45 Å². The second-order valence-corrected chi connectivity index (χ2v) is 4.03. The van der Waals surface area contributed by atoms with Gasteiger partial charge in [-0.3, -0.25) is 0 Å². The molecule has 0 aliphatic heterocycles. The number of aromatic nitrogens is 1. The quantitative estimate of drug-likeness (QED) is 0.675. The Balaban J connectivity index is 3.37. The number of carboxylic acids is 1.